The Morgan fingerprint density at radius 1 is 1.05 bits per heavy atom. The van der Waals surface area contributed by atoms with Gasteiger partial charge in [0.25, 0.3) is 0 Å². The number of carbonyl (C=O) groups is 3. The van der Waals surface area contributed by atoms with Crippen LogP contribution >= 0.6 is 0 Å². The Hall–Kier alpha value is -2.05. The van der Waals surface area contributed by atoms with E-state index in [1.807, 2.05) is 0 Å². The third-order valence-electron chi connectivity index (χ3n) is 2.27. The van der Waals surface area contributed by atoms with Gasteiger partial charge in [0, 0.05) is 20.8 Å². The Bertz CT molecular complexity index is 388. The minimum absolute atomic E-state index is 0.102. The van der Waals surface area contributed by atoms with Crippen LogP contribution in [-0.4, -0.2) is 42.8 Å². The maximum absolute atomic E-state index is 11.1. The second-order valence-corrected chi connectivity index (χ2v) is 3.95. The summed E-state index contributed by atoms with van der Waals surface area (Å²) in [5.74, 6) is -1.54. The van der Waals surface area contributed by atoms with Crippen LogP contribution in [0.25, 0.3) is 0 Å². The van der Waals surface area contributed by atoms with Crippen molar-refractivity contribution in [3.8, 4) is 0 Å². The molecule has 0 N–H and O–H groups in total. The summed E-state index contributed by atoms with van der Waals surface area (Å²) < 4.78 is 20.1. The Morgan fingerprint density at radius 2 is 1.68 bits per heavy atom. The molecular formula is C12H16O7. The summed E-state index contributed by atoms with van der Waals surface area (Å²) in [6, 6.07) is 0. The fourth-order valence-electron chi connectivity index (χ4n) is 1.59. The Morgan fingerprint density at radius 3 is 2.21 bits per heavy atom. The van der Waals surface area contributed by atoms with Crippen LogP contribution in [0.2, 0.25) is 0 Å². The van der Waals surface area contributed by atoms with E-state index in [-0.39, 0.29) is 6.61 Å². The van der Waals surface area contributed by atoms with Crippen molar-refractivity contribution < 1.29 is 33.3 Å². The summed E-state index contributed by atoms with van der Waals surface area (Å²) in [4.78, 5) is 32.9. The average Bonchev–Trinajstić information content (AvgIpc) is 2.28. The topological polar surface area (TPSA) is 88.1 Å². The van der Waals surface area contributed by atoms with Gasteiger partial charge in [-0.25, -0.2) is 0 Å². The standard InChI is InChI=1S/C12H16O7/c1-7(13)17-6-11-12(19-9(3)15)10(4-5-16-11)18-8(2)14/h4-5,10-12H,6H2,1-3H3/t10?,11-,12-/m1/s1. The van der Waals surface area contributed by atoms with E-state index in [1.54, 1.807) is 0 Å². The molecular weight excluding hydrogens is 256 g/mol. The number of hydrogen-bond acceptors (Lipinski definition) is 7. The van der Waals surface area contributed by atoms with E-state index in [0.717, 1.165) is 0 Å². The molecule has 0 saturated carbocycles. The fraction of sp³-hybridized carbons (Fsp3) is 0.583. The van der Waals surface area contributed by atoms with Gasteiger partial charge in [-0.05, 0) is 6.08 Å². The molecule has 1 rings (SSSR count). The average molecular weight is 272 g/mol. The van der Waals surface area contributed by atoms with E-state index >= 15 is 0 Å². The molecule has 0 saturated heterocycles. The van der Waals surface area contributed by atoms with Gasteiger partial charge in [-0.15, -0.1) is 0 Å². The number of hydrogen-bond donors (Lipinski definition) is 0. The molecule has 1 aliphatic rings. The smallest absolute Gasteiger partial charge is 0.303 e. The van der Waals surface area contributed by atoms with Crippen molar-refractivity contribution in [2.45, 2.75) is 39.1 Å². The fourth-order valence-corrected chi connectivity index (χ4v) is 1.59. The molecule has 0 aromatic rings. The molecule has 0 bridgehead atoms. The zero-order valence-corrected chi connectivity index (χ0v) is 11.0. The molecule has 1 unspecified atom stereocenters. The molecule has 106 valence electrons. The molecule has 7 nitrogen and oxygen atoms in total. The minimum atomic E-state index is -0.856. The van der Waals surface area contributed by atoms with Crippen molar-refractivity contribution in [1.82, 2.24) is 0 Å². The van der Waals surface area contributed by atoms with Crippen molar-refractivity contribution in [3.63, 3.8) is 0 Å². The molecule has 7 heteroatoms. The second-order valence-electron chi connectivity index (χ2n) is 3.95. The van der Waals surface area contributed by atoms with Crippen LogP contribution in [0.1, 0.15) is 20.8 Å². The summed E-state index contributed by atoms with van der Waals surface area (Å²) in [6.45, 7) is 3.62. The van der Waals surface area contributed by atoms with E-state index in [1.165, 1.54) is 33.1 Å². The van der Waals surface area contributed by atoms with Crippen LogP contribution < -0.4 is 0 Å². The number of esters is 3. The van der Waals surface area contributed by atoms with Crippen molar-refractivity contribution in [3.05, 3.63) is 12.3 Å². The van der Waals surface area contributed by atoms with Gasteiger partial charge in [0.1, 0.15) is 6.61 Å². The first kappa shape index (κ1) is 15.0. The molecule has 0 aliphatic carbocycles. The lowest BCUT2D eigenvalue weighted by Crippen LogP contribution is -2.47. The lowest BCUT2D eigenvalue weighted by molar-refractivity contribution is -0.178. The maximum Gasteiger partial charge on any atom is 0.303 e. The third-order valence-corrected chi connectivity index (χ3v) is 2.27. The van der Waals surface area contributed by atoms with E-state index in [4.69, 9.17) is 18.9 Å². The van der Waals surface area contributed by atoms with Crippen LogP contribution in [0, 0.1) is 0 Å². The summed E-state index contributed by atoms with van der Waals surface area (Å²) in [6.07, 6.45) is 0.435. The number of ether oxygens (including phenoxy) is 4. The van der Waals surface area contributed by atoms with Crippen molar-refractivity contribution in [1.29, 1.82) is 0 Å². The van der Waals surface area contributed by atoms with Crippen LogP contribution in [0.3, 0.4) is 0 Å². The molecule has 0 spiro atoms. The van der Waals surface area contributed by atoms with E-state index in [9.17, 15) is 14.4 Å². The Labute approximate surface area is 110 Å². The van der Waals surface area contributed by atoms with E-state index in [2.05, 4.69) is 0 Å². The van der Waals surface area contributed by atoms with Gasteiger partial charge in [0.2, 0.25) is 0 Å². The van der Waals surface area contributed by atoms with Gasteiger partial charge >= 0.3 is 17.9 Å². The van der Waals surface area contributed by atoms with Crippen LogP contribution in [0.4, 0.5) is 0 Å². The highest BCUT2D eigenvalue weighted by Gasteiger charge is 2.37. The summed E-state index contributed by atoms with van der Waals surface area (Å²) in [7, 11) is 0. The van der Waals surface area contributed by atoms with Crippen molar-refractivity contribution in [2.24, 2.45) is 0 Å². The zero-order valence-electron chi connectivity index (χ0n) is 11.0. The predicted octanol–water partition coefficient (Wildman–Crippen LogP) is 0.325. The molecule has 19 heavy (non-hydrogen) atoms. The molecule has 0 amide bonds. The summed E-state index contributed by atoms with van der Waals surface area (Å²) in [5, 5.41) is 0. The first-order valence-corrected chi connectivity index (χ1v) is 5.70. The summed E-state index contributed by atoms with van der Waals surface area (Å²) >= 11 is 0. The predicted molar refractivity (Wildman–Crippen MR) is 61.8 cm³/mol. The molecule has 0 radical (unpaired) electrons. The lowest BCUT2D eigenvalue weighted by atomic mass is 10.1. The summed E-state index contributed by atoms with van der Waals surface area (Å²) in [5.41, 5.74) is 0. The van der Waals surface area contributed by atoms with Gasteiger partial charge < -0.3 is 18.9 Å². The first-order valence-electron chi connectivity index (χ1n) is 5.70. The number of rotatable bonds is 4. The monoisotopic (exact) mass is 272 g/mol. The van der Waals surface area contributed by atoms with Crippen molar-refractivity contribution in [2.75, 3.05) is 6.61 Å². The second kappa shape index (κ2) is 6.77. The maximum atomic E-state index is 11.1. The first-order chi connectivity index (χ1) is 8.90. The molecule has 1 heterocycles. The highest BCUT2D eigenvalue weighted by atomic mass is 16.6. The van der Waals surface area contributed by atoms with Gasteiger partial charge in [0.05, 0.1) is 6.26 Å². The molecule has 3 atom stereocenters. The zero-order chi connectivity index (χ0) is 14.4. The Balaban J connectivity index is 2.77. The van der Waals surface area contributed by atoms with E-state index in [0.29, 0.717) is 0 Å². The third kappa shape index (κ3) is 4.99. The van der Waals surface area contributed by atoms with Crippen LogP contribution in [-0.2, 0) is 33.3 Å². The molecule has 1 aliphatic heterocycles. The molecule has 0 fully saturated rings. The highest BCUT2D eigenvalue weighted by Crippen LogP contribution is 2.19. The highest BCUT2D eigenvalue weighted by molar-refractivity contribution is 5.68. The van der Waals surface area contributed by atoms with Gasteiger partial charge in [-0.1, -0.05) is 0 Å². The quantitative estimate of drug-likeness (QED) is 0.538. The Kier molecular flexibility index (Phi) is 5.35. The van der Waals surface area contributed by atoms with Gasteiger partial charge in [-0.2, -0.15) is 0 Å². The minimum Gasteiger partial charge on any atom is -0.491 e. The normalized spacial score (nSPS) is 25.1. The van der Waals surface area contributed by atoms with Crippen LogP contribution in [0.5, 0.6) is 0 Å². The number of carbonyl (C=O) groups excluding carboxylic acids is 3. The molecule has 0 aromatic heterocycles. The van der Waals surface area contributed by atoms with E-state index < -0.39 is 36.2 Å². The van der Waals surface area contributed by atoms with Gasteiger partial charge in [0.15, 0.2) is 18.3 Å². The lowest BCUT2D eigenvalue weighted by Gasteiger charge is -2.32. The molecule has 0 aromatic carbocycles. The van der Waals surface area contributed by atoms with Crippen LogP contribution in [0.15, 0.2) is 12.3 Å². The SMILES string of the molecule is CC(=O)OC[C@H]1OC=CC(OC(C)=O)[C@H]1OC(C)=O. The largest absolute Gasteiger partial charge is 0.491 e. The van der Waals surface area contributed by atoms with Crippen molar-refractivity contribution >= 4 is 17.9 Å². The van der Waals surface area contributed by atoms with Gasteiger partial charge in [-0.3, -0.25) is 14.4 Å².